The number of likely N-dealkylation sites (N-methyl/N-ethyl adjacent to an activating group) is 1. The van der Waals surface area contributed by atoms with Crippen LogP contribution in [0.5, 0.6) is 0 Å². The lowest BCUT2D eigenvalue weighted by molar-refractivity contribution is -0.123. The average Bonchev–Trinajstić information content (AvgIpc) is 2.36. The van der Waals surface area contributed by atoms with E-state index in [1.165, 1.54) is 0 Å². The smallest absolute Gasteiger partial charge is 0.236 e. The first-order valence-corrected chi connectivity index (χ1v) is 6.33. The molecule has 1 rings (SSSR count). The molecule has 0 spiro atoms. The van der Waals surface area contributed by atoms with Crippen LogP contribution in [0.3, 0.4) is 0 Å². The van der Waals surface area contributed by atoms with Crippen molar-refractivity contribution >= 4 is 5.91 Å². The highest BCUT2D eigenvalue weighted by Gasteiger charge is 2.18. The molecule has 0 radical (unpaired) electrons. The standard InChI is InChI=1S/C14H20F2N2O/c1-9(2)6-13(14(19)17-3)18-8-10-7-11(15)4-5-12(10)16/h4-5,7,9,13,18H,6,8H2,1-3H3,(H,17,19). The maximum atomic E-state index is 13.5. The third kappa shape index (κ3) is 4.95. The summed E-state index contributed by atoms with van der Waals surface area (Å²) in [6.45, 7) is 4.12. The van der Waals surface area contributed by atoms with Crippen molar-refractivity contribution in [2.45, 2.75) is 32.9 Å². The number of halogens is 2. The van der Waals surface area contributed by atoms with E-state index in [2.05, 4.69) is 10.6 Å². The number of rotatable bonds is 6. The summed E-state index contributed by atoms with van der Waals surface area (Å²) in [6.07, 6.45) is 0.636. The highest BCUT2D eigenvalue weighted by atomic mass is 19.1. The Labute approximate surface area is 112 Å². The zero-order valence-electron chi connectivity index (χ0n) is 11.5. The number of hydrogen-bond acceptors (Lipinski definition) is 2. The molecule has 1 aromatic carbocycles. The van der Waals surface area contributed by atoms with Crippen molar-refractivity contribution in [2.75, 3.05) is 7.05 Å². The molecule has 2 N–H and O–H groups in total. The second kappa shape index (κ2) is 7.19. The van der Waals surface area contributed by atoms with Gasteiger partial charge >= 0.3 is 0 Å². The van der Waals surface area contributed by atoms with E-state index in [0.29, 0.717) is 12.3 Å². The lowest BCUT2D eigenvalue weighted by Gasteiger charge is -2.19. The molecule has 1 unspecified atom stereocenters. The topological polar surface area (TPSA) is 41.1 Å². The van der Waals surface area contributed by atoms with Gasteiger partial charge in [0.15, 0.2) is 0 Å². The Balaban J connectivity index is 2.70. The van der Waals surface area contributed by atoms with Crippen molar-refractivity contribution in [1.82, 2.24) is 10.6 Å². The second-order valence-corrected chi connectivity index (χ2v) is 4.91. The molecular formula is C14H20F2N2O. The minimum absolute atomic E-state index is 0.119. The molecule has 0 aliphatic heterocycles. The van der Waals surface area contributed by atoms with Gasteiger partial charge in [0.1, 0.15) is 11.6 Å². The zero-order valence-corrected chi connectivity index (χ0v) is 11.5. The normalized spacial score (nSPS) is 12.5. The van der Waals surface area contributed by atoms with Crippen LogP contribution in [0.15, 0.2) is 18.2 Å². The summed E-state index contributed by atoms with van der Waals surface area (Å²) in [4.78, 5) is 11.7. The van der Waals surface area contributed by atoms with E-state index in [1.54, 1.807) is 7.05 Å². The molecule has 0 aliphatic rings. The van der Waals surface area contributed by atoms with Gasteiger partial charge in [0.2, 0.25) is 5.91 Å². The van der Waals surface area contributed by atoms with E-state index in [1.807, 2.05) is 13.8 Å². The quantitative estimate of drug-likeness (QED) is 0.832. The molecule has 0 heterocycles. The Morgan fingerprint density at radius 3 is 2.58 bits per heavy atom. The summed E-state index contributed by atoms with van der Waals surface area (Å²) in [5, 5.41) is 5.53. The van der Waals surface area contributed by atoms with Crippen molar-refractivity contribution < 1.29 is 13.6 Å². The van der Waals surface area contributed by atoms with Crippen LogP contribution in [0.4, 0.5) is 8.78 Å². The van der Waals surface area contributed by atoms with Crippen LogP contribution < -0.4 is 10.6 Å². The number of carbonyl (C=O) groups is 1. The fraction of sp³-hybridized carbons (Fsp3) is 0.500. The summed E-state index contributed by atoms with van der Waals surface area (Å²) in [7, 11) is 1.56. The first-order valence-electron chi connectivity index (χ1n) is 6.33. The van der Waals surface area contributed by atoms with Gasteiger partial charge < -0.3 is 10.6 Å². The Hall–Kier alpha value is -1.49. The Bertz CT molecular complexity index is 435. The van der Waals surface area contributed by atoms with Gasteiger partial charge in [0.25, 0.3) is 0 Å². The van der Waals surface area contributed by atoms with Crippen LogP contribution in [-0.4, -0.2) is 19.0 Å². The Morgan fingerprint density at radius 2 is 2.00 bits per heavy atom. The van der Waals surface area contributed by atoms with E-state index in [0.717, 1.165) is 18.2 Å². The van der Waals surface area contributed by atoms with Gasteiger partial charge in [-0.25, -0.2) is 8.78 Å². The first kappa shape index (κ1) is 15.6. The summed E-state index contributed by atoms with van der Waals surface area (Å²) >= 11 is 0. The molecule has 1 amide bonds. The second-order valence-electron chi connectivity index (χ2n) is 4.91. The maximum absolute atomic E-state index is 13.5. The summed E-state index contributed by atoms with van der Waals surface area (Å²) in [5.41, 5.74) is 0.220. The predicted molar refractivity (Wildman–Crippen MR) is 70.5 cm³/mol. The minimum Gasteiger partial charge on any atom is -0.358 e. The van der Waals surface area contributed by atoms with Gasteiger partial charge in [0, 0.05) is 19.2 Å². The van der Waals surface area contributed by atoms with Crippen LogP contribution >= 0.6 is 0 Å². The van der Waals surface area contributed by atoms with Gasteiger partial charge in [-0.2, -0.15) is 0 Å². The highest BCUT2D eigenvalue weighted by molar-refractivity contribution is 5.81. The van der Waals surface area contributed by atoms with Crippen molar-refractivity contribution in [3.05, 3.63) is 35.4 Å². The van der Waals surface area contributed by atoms with Crippen LogP contribution in [0.25, 0.3) is 0 Å². The highest BCUT2D eigenvalue weighted by Crippen LogP contribution is 2.11. The van der Waals surface area contributed by atoms with Crippen molar-refractivity contribution in [2.24, 2.45) is 5.92 Å². The van der Waals surface area contributed by atoms with Gasteiger partial charge in [-0.3, -0.25) is 4.79 Å². The molecule has 106 valence electrons. The number of hydrogen-bond donors (Lipinski definition) is 2. The average molecular weight is 270 g/mol. The molecule has 0 fully saturated rings. The maximum Gasteiger partial charge on any atom is 0.236 e. The van der Waals surface area contributed by atoms with Gasteiger partial charge in [0.05, 0.1) is 6.04 Å². The molecule has 5 heteroatoms. The molecule has 0 aromatic heterocycles. The van der Waals surface area contributed by atoms with Crippen LogP contribution in [0, 0.1) is 17.6 Å². The van der Waals surface area contributed by atoms with E-state index in [9.17, 15) is 13.6 Å². The lowest BCUT2D eigenvalue weighted by atomic mass is 10.0. The van der Waals surface area contributed by atoms with Gasteiger partial charge in [-0.05, 0) is 30.5 Å². The number of nitrogens with one attached hydrogen (secondary N) is 2. The van der Waals surface area contributed by atoms with Crippen LogP contribution in [-0.2, 0) is 11.3 Å². The fourth-order valence-electron chi connectivity index (χ4n) is 1.84. The van der Waals surface area contributed by atoms with E-state index in [4.69, 9.17) is 0 Å². The van der Waals surface area contributed by atoms with Gasteiger partial charge in [-0.15, -0.1) is 0 Å². The van der Waals surface area contributed by atoms with E-state index in [-0.39, 0.29) is 18.0 Å². The lowest BCUT2D eigenvalue weighted by Crippen LogP contribution is -2.43. The molecule has 1 aromatic rings. The summed E-state index contributed by atoms with van der Waals surface area (Å²) in [6, 6.07) is 2.89. The molecule has 3 nitrogen and oxygen atoms in total. The Kier molecular flexibility index (Phi) is 5.89. The van der Waals surface area contributed by atoms with E-state index < -0.39 is 17.7 Å². The third-order valence-corrected chi connectivity index (χ3v) is 2.82. The SMILES string of the molecule is CNC(=O)C(CC(C)C)NCc1cc(F)ccc1F. The summed E-state index contributed by atoms with van der Waals surface area (Å²) < 4.78 is 26.5. The Morgan fingerprint density at radius 1 is 1.32 bits per heavy atom. The zero-order chi connectivity index (χ0) is 14.4. The largest absolute Gasteiger partial charge is 0.358 e. The van der Waals surface area contributed by atoms with Gasteiger partial charge in [-0.1, -0.05) is 13.8 Å². The number of benzene rings is 1. The molecule has 0 bridgehead atoms. The summed E-state index contributed by atoms with van der Waals surface area (Å²) in [5.74, 6) is -0.787. The van der Waals surface area contributed by atoms with Crippen molar-refractivity contribution in [3.63, 3.8) is 0 Å². The molecular weight excluding hydrogens is 250 g/mol. The third-order valence-electron chi connectivity index (χ3n) is 2.82. The molecule has 19 heavy (non-hydrogen) atoms. The van der Waals surface area contributed by atoms with E-state index >= 15 is 0 Å². The molecule has 0 saturated carbocycles. The monoisotopic (exact) mass is 270 g/mol. The van der Waals surface area contributed by atoms with Crippen LogP contribution in [0.2, 0.25) is 0 Å². The molecule has 0 saturated heterocycles. The molecule has 1 atom stereocenters. The first-order chi connectivity index (χ1) is 8.93. The number of amides is 1. The predicted octanol–water partition coefficient (Wildman–Crippen LogP) is 2.22. The van der Waals surface area contributed by atoms with Crippen molar-refractivity contribution in [3.8, 4) is 0 Å². The minimum atomic E-state index is -0.487. The fourth-order valence-corrected chi connectivity index (χ4v) is 1.84. The van der Waals surface area contributed by atoms with Crippen LogP contribution in [0.1, 0.15) is 25.8 Å². The number of carbonyl (C=O) groups excluding carboxylic acids is 1. The van der Waals surface area contributed by atoms with Crippen molar-refractivity contribution in [1.29, 1.82) is 0 Å². The molecule has 0 aliphatic carbocycles.